The van der Waals surface area contributed by atoms with Crippen LogP contribution in [0.4, 0.5) is 22.7 Å². The lowest BCUT2D eigenvalue weighted by atomic mass is 10.00. The Kier molecular flexibility index (Phi) is 6.75. The number of piperidine rings is 1. The maximum Gasteiger partial charge on any atom is 0.573 e. The van der Waals surface area contributed by atoms with E-state index in [4.69, 9.17) is 13.8 Å². The first-order chi connectivity index (χ1) is 21.7. The van der Waals surface area contributed by atoms with E-state index in [0.29, 0.717) is 33.0 Å². The lowest BCUT2D eigenvalue weighted by molar-refractivity contribution is -0.274. The highest BCUT2D eigenvalue weighted by atomic mass is 32.1. The second kappa shape index (κ2) is 10.7. The first-order valence-electron chi connectivity index (χ1n) is 14.7. The number of nitrogens with zero attached hydrogens (tertiary/aromatic N) is 4. The zero-order valence-electron chi connectivity index (χ0n) is 23.6. The fourth-order valence-corrected chi connectivity index (χ4v) is 7.79. The molecular weight excluding hydrogens is 616 g/mol. The van der Waals surface area contributed by atoms with Crippen molar-refractivity contribution in [3.05, 3.63) is 59.6 Å². The molecule has 2 aromatic carbocycles. The zero-order valence-corrected chi connectivity index (χ0v) is 24.4. The molecule has 3 aromatic heterocycles. The summed E-state index contributed by atoms with van der Waals surface area (Å²) in [5.41, 5.74) is 2.26. The van der Waals surface area contributed by atoms with Gasteiger partial charge in [-0.25, -0.2) is 9.37 Å². The van der Waals surface area contributed by atoms with E-state index < -0.39 is 12.2 Å². The normalized spacial score (nSPS) is 21.6. The van der Waals surface area contributed by atoms with Crippen LogP contribution in [-0.4, -0.2) is 45.0 Å². The monoisotopic (exact) mass is 642 g/mol. The molecular formula is C31H26F4N4O5S. The molecule has 0 radical (unpaired) electrons. The largest absolute Gasteiger partial charge is 0.573 e. The van der Waals surface area contributed by atoms with E-state index in [0.717, 1.165) is 43.7 Å². The van der Waals surface area contributed by atoms with Crippen LogP contribution in [0.2, 0.25) is 0 Å². The van der Waals surface area contributed by atoms with Crippen LogP contribution in [0.3, 0.4) is 0 Å². The van der Waals surface area contributed by atoms with Crippen molar-refractivity contribution in [2.24, 2.45) is 0 Å². The molecule has 3 fully saturated rings. The molecule has 1 unspecified atom stereocenters. The lowest BCUT2D eigenvalue weighted by Crippen LogP contribution is -2.45. The second-order valence-electron chi connectivity index (χ2n) is 11.7. The maximum absolute atomic E-state index is 15.1. The lowest BCUT2D eigenvalue weighted by Gasteiger charge is -2.38. The number of anilines is 1. The summed E-state index contributed by atoms with van der Waals surface area (Å²) in [5.74, 6) is -0.332. The molecule has 0 spiro atoms. The number of benzene rings is 2. The molecule has 234 valence electrons. The zero-order chi connectivity index (χ0) is 30.9. The number of para-hydroxylation sites is 1. The van der Waals surface area contributed by atoms with Crippen LogP contribution < -0.4 is 9.64 Å². The number of fused-ring (bicyclic) bond motifs is 3. The van der Waals surface area contributed by atoms with Gasteiger partial charge in [0.1, 0.15) is 28.4 Å². The first kappa shape index (κ1) is 28.3. The molecule has 1 N–H and O–H groups in total. The Morgan fingerprint density at radius 2 is 1.78 bits per heavy atom. The van der Waals surface area contributed by atoms with Crippen LogP contribution in [0, 0.1) is 5.82 Å². The summed E-state index contributed by atoms with van der Waals surface area (Å²) in [5, 5.41) is 18.2. The molecule has 1 saturated carbocycles. The van der Waals surface area contributed by atoms with Gasteiger partial charge in [0.15, 0.2) is 10.9 Å². The summed E-state index contributed by atoms with van der Waals surface area (Å²) < 4.78 is 76.3. The summed E-state index contributed by atoms with van der Waals surface area (Å²) in [6.07, 6.45) is 0.263. The van der Waals surface area contributed by atoms with Crippen molar-refractivity contribution >= 4 is 26.7 Å². The Hall–Kier alpha value is -4.17. The van der Waals surface area contributed by atoms with E-state index in [1.807, 2.05) is 0 Å². The number of aromatic nitrogens is 3. The van der Waals surface area contributed by atoms with Crippen molar-refractivity contribution in [3.63, 3.8) is 0 Å². The Bertz CT molecular complexity index is 1870. The Labute approximate surface area is 257 Å². The molecule has 3 atom stereocenters. The van der Waals surface area contributed by atoms with Gasteiger partial charge >= 0.3 is 12.3 Å². The highest BCUT2D eigenvalue weighted by molar-refractivity contribution is 7.22. The van der Waals surface area contributed by atoms with Crippen molar-refractivity contribution < 1.29 is 41.2 Å². The SMILES string of the molecule is Oc1cc(-c2cc(F)c3nc(N4[C@@H]5CC[C@H]4CC(OCc4c(-c6ccccc6OC(F)(F)F)noc4C4CC4)C5)sc3c2)no1. The van der Waals surface area contributed by atoms with Gasteiger partial charge < -0.3 is 28.5 Å². The van der Waals surface area contributed by atoms with E-state index in [9.17, 15) is 18.3 Å². The van der Waals surface area contributed by atoms with E-state index in [1.165, 1.54) is 41.7 Å². The fraction of sp³-hybridized carbons (Fsp3) is 0.387. The van der Waals surface area contributed by atoms with Gasteiger partial charge in [0.05, 0.1) is 23.5 Å². The average Bonchev–Trinajstić information content (AvgIpc) is 3.28. The number of rotatable bonds is 8. The molecule has 2 bridgehead atoms. The minimum absolute atomic E-state index is 0.0900. The number of aromatic hydroxyl groups is 1. The molecule has 2 saturated heterocycles. The Balaban J connectivity index is 1.01. The predicted octanol–water partition coefficient (Wildman–Crippen LogP) is 7.94. The van der Waals surface area contributed by atoms with Crippen LogP contribution >= 0.6 is 11.3 Å². The fourth-order valence-electron chi connectivity index (χ4n) is 6.63. The molecule has 14 heteroatoms. The van der Waals surface area contributed by atoms with Crippen molar-refractivity contribution in [3.8, 4) is 34.2 Å². The smallest absolute Gasteiger partial charge is 0.479 e. The molecule has 9 nitrogen and oxygen atoms in total. The van der Waals surface area contributed by atoms with Gasteiger partial charge in [0, 0.05) is 34.7 Å². The standard InChI is InChI=1S/C31H26F4N4O5S/c32-22-9-16(23-13-26(40)43-37-23)10-25-28(22)36-30(45-25)39-17-7-8-18(39)12-19(11-17)41-14-21-27(38-44-29(21)15-5-6-15)20-3-1-2-4-24(20)42-31(33,34)35/h1-4,9-10,13,15,17-19,40H,5-8,11-12,14H2/t17-,18+,19?. The third-order valence-corrected chi connectivity index (χ3v) is 9.76. The van der Waals surface area contributed by atoms with Crippen LogP contribution in [0.1, 0.15) is 55.8 Å². The van der Waals surface area contributed by atoms with Crippen LogP contribution in [0.5, 0.6) is 11.7 Å². The van der Waals surface area contributed by atoms with Crippen molar-refractivity contribution in [1.29, 1.82) is 0 Å². The summed E-state index contributed by atoms with van der Waals surface area (Å²) in [6.45, 7) is 0.155. The van der Waals surface area contributed by atoms with Crippen molar-refractivity contribution in [2.75, 3.05) is 4.90 Å². The molecule has 5 heterocycles. The van der Waals surface area contributed by atoms with Gasteiger partial charge in [0.25, 0.3) is 0 Å². The number of ether oxygens (including phenoxy) is 2. The third kappa shape index (κ3) is 5.39. The van der Waals surface area contributed by atoms with Crippen LogP contribution in [-0.2, 0) is 11.3 Å². The predicted molar refractivity (Wildman–Crippen MR) is 154 cm³/mol. The van der Waals surface area contributed by atoms with Gasteiger partial charge in [-0.3, -0.25) is 0 Å². The van der Waals surface area contributed by atoms with Crippen molar-refractivity contribution in [1.82, 2.24) is 15.3 Å². The van der Waals surface area contributed by atoms with E-state index in [2.05, 4.69) is 24.9 Å². The van der Waals surface area contributed by atoms with Gasteiger partial charge in [-0.15, -0.1) is 13.2 Å². The molecule has 8 rings (SSSR count). The second-order valence-corrected chi connectivity index (χ2v) is 12.7. The van der Waals surface area contributed by atoms with Gasteiger partial charge in [-0.2, -0.15) is 0 Å². The number of halogens is 4. The summed E-state index contributed by atoms with van der Waals surface area (Å²) in [7, 11) is 0. The van der Waals surface area contributed by atoms with Gasteiger partial charge in [-0.05, 0) is 62.8 Å². The summed E-state index contributed by atoms with van der Waals surface area (Å²) >= 11 is 1.41. The van der Waals surface area contributed by atoms with Gasteiger partial charge in [0.2, 0.25) is 0 Å². The molecule has 5 aromatic rings. The minimum atomic E-state index is -4.85. The van der Waals surface area contributed by atoms with E-state index in [1.54, 1.807) is 12.1 Å². The van der Waals surface area contributed by atoms with Crippen molar-refractivity contribution in [2.45, 2.75) is 75.6 Å². The average molecular weight is 643 g/mol. The van der Waals surface area contributed by atoms with E-state index >= 15 is 4.39 Å². The van der Waals surface area contributed by atoms with Crippen LogP contribution in [0.25, 0.3) is 32.7 Å². The topological polar surface area (TPSA) is 107 Å². The number of thiazole rings is 1. The van der Waals surface area contributed by atoms with Crippen LogP contribution in [0.15, 0.2) is 51.5 Å². The highest BCUT2D eigenvalue weighted by Gasteiger charge is 2.43. The Morgan fingerprint density at radius 3 is 2.49 bits per heavy atom. The molecule has 0 amide bonds. The number of hydrogen-bond acceptors (Lipinski definition) is 10. The Morgan fingerprint density at radius 1 is 1.00 bits per heavy atom. The summed E-state index contributed by atoms with van der Waals surface area (Å²) in [6, 6.07) is 10.7. The number of hydrogen-bond donors (Lipinski definition) is 1. The molecule has 3 aliphatic rings. The number of alkyl halides is 3. The third-order valence-electron chi connectivity index (χ3n) is 8.74. The highest BCUT2D eigenvalue weighted by Crippen LogP contribution is 2.47. The summed E-state index contributed by atoms with van der Waals surface area (Å²) in [4.78, 5) is 6.94. The first-order valence-corrected chi connectivity index (χ1v) is 15.5. The molecule has 45 heavy (non-hydrogen) atoms. The minimum Gasteiger partial charge on any atom is -0.479 e. The molecule has 1 aliphatic carbocycles. The van der Waals surface area contributed by atoms with E-state index in [-0.39, 0.29) is 53.5 Å². The maximum atomic E-state index is 15.1. The molecule has 2 aliphatic heterocycles. The van der Waals surface area contributed by atoms with Gasteiger partial charge in [-0.1, -0.05) is 33.8 Å². The quantitative estimate of drug-likeness (QED) is 0.169.